The van der Waals surface area contributed by atoms with Gasteiger partial charge in [0, 0.05) is 12.4 Å². The van der Waals surface area contributed by atoms with Crippen molar-refractivity contribution in [2.45, 2.75) is 19.2 Å². The van der Waals surface area contributed by atoms with Crippen molar-refractivity contribution in [1.29, 1.82) is 0 Å². The molecule has 2 atom stereocenters. The molecule has 0 fully saturated rings. The molecule has 0 unspecified atom stereocenters. The molecule has 1 aromatic heterocycles. The second kappa shape index (κ2) is 5.35. The maximum Gasteiger partial charge on any atom is 0.343 e. The summed E-state index contributed by atoms with van der Waals surface area (Å²) in [6, 6.07) is 1.52. The number of carbonyl (C=O) groups is 1. The van der Waals surface area contributed by atoms with E-state index >= 15 is 0 Å². The van der Waals surface area contributed by atoms with Crippen LogP contribution >= 0.6 is 0 Å². The molecule has 0 saturated heterocycles. The number of hydrogen-bond donors (Lipinski definition) is 1. The molecular formula is C9H11FN2O3. The number of rotatable bonds is 4. The van der Waals surface area contributed by atoms with Crippen molar-refractivity contribution >= 4 is 5.97 Å². The van der Waals surface area contributed by atoms with E-state index in [1.165, 1.54) is 18.5 Å². The van der Waals surface area contributed by atoms with Crippen LogP contribution in [0.3, 0.4) is 0 Å². The third-order valence-corrected chi connectivity index (χ3v) is 1.64. The van der Waals surface area contributed by atoms with Gasteiger partial charge >= 0.3 is 5.97 Å². The molecule has 1 rings (SSSR count). The topological polar surface area (TPSA) is 72.3 Å². The normalized spacial score (nSPS) is 14.3. The Morgan fingerprint density at radius 3 is 2.73 bits per heavy atom. The summed E-state index contributed by atoms with van der Waals surface area (Å²) < 4.78 is 17.7. The van der Waals surface area contributed by atoms with E-state index in [2.05, 4.69) is 14.7 Å². The predicted molar refractivity (Wildman–Crippen MR) is 48.5 cm³/mol. The van der Waals surface area contributed by atoms with Crippen molar-refractivity contribution in [2.24, 2.45) is 0 Å². The molecule has 6 heteroatoms. The van der Waals surface area contributed by atoms with E-state index in [1.54, 1.807) is 6.92 Å². The van der Waals surface area contributed by atoms with E-state index in [4.69, 9.17) is 0 Å². The van der Waals surface area contributed by atoms with Gasteiger partial charge in [0.25, 0.3) is 0 Å². The highest BCUT2D eigenvalue weighted by molar-refractivity contribution is 5.75. The quantitative estimate of drug-likeness (QED) is 0.735. The summed E-state index contributed by atoms with van der Waals surface area (Å²) >= 11 is 0. The minimum absolute atomic E-state index is 0.0572. The molecule has 1 heterocycles. The predicted octanol–water partition coefficient (Wildman–Crippen LogP) is 0.411. The van der Waals surface area contributed by atoms with Crippen molar-refractivity contribution in [3.05, 3.63) is 24.3 Å². The van der Waals surface area contributed by atoms with E-state index in [9.17, 15) is 14.3 Å². The number of carbonyl (C=O) groups excluding carboxylic acids is 1. The van der Waals surface area contributed by atoms with Crippen LogP contribution in [0.15, 0.2) is 18.5 Å². The third-order valence-electron chi connectivity index (χ3n) is 1.64. The van der Waals surface area contributed by atoms with Crippen LogP contribution in [0.4, 0.5) is 4.39 Å². The second-order valence-corrected chi connectivity index (χ2v) is 2.71. The average molecular weight is 214 g/mol. The first-order valence-corrected chi connectivity index (χ1v) is 4.42. The van der Waals surface area contributed by atoms with Gasteiger partial charge in [-0.15, -0.1) is 0 Å². The highest BCUT2D eigenvalue weighted by atomic mass is 19.1. The van der Waals surface area contributed by atoms with Crippen molar-refractivity contribution in [2.75, 3.05) is 6.61 Å². The molecule has 0 bridgehead atoms. The zero-order valence-electron chi connectivity index (χ0n) is 8.13. The van der Waals surface area contributed by atoms with Crippen LogP contribution in [0.1, 0.15) is 18.9 Å². The smallest absolute Gasteiger partial charge is 0.343 e. The van der Waals surface area contributed by atoms with Gasteiger partial charge in [0.05, 0.1) is 6.61 Å². The van der Waals surface area contributed by atoms with Gasteiger partial charge in [-0.3, -0.25) is 0 Å². The molecule has 0 aliphatic heterocycles. The summed E-state index contributed by atoms with van der Waals surface area (Å²) in [5, 5.41) is 9.39. The number of esters is 1. The number of alkyl halides is 1. The van der Waals surface area contributed by atoms with Gasteiger partial charge in [-0.1, -0.05) is 0 Å². The van der Waals surface area contributed by atoms with Gasteiger partial charge in [0.1, 0.15) is 0 Å². The third kappa shape index (κ3) is 2.95. The number of aromatic nitrogens is 2. The fourth-order valence-electron chi connectivity index (χ4n) is 0.945. The van der Waals surface area contributed by atoms with Gasteiger partial charge in [0.2, 0.25) is 6.17 Å². The highest BCUT2D eigenvalue weighted by Crippen LogP contribution is 2.15. The van der Waals surface area contributed by atoms with Crippen molar-refractivity contribution in [3.63, 3.8) is 0 Å². The number of hydrogen-bond acceptors (Lipinski definition) is 5. The highest BCUT2D eigenvalue weighted by Gasteiger charge is 2.30. The van der Waals surface area contributed by atoms with Gasteiger partial charge in [-0.05, 0) is 13.0 Å². The van der Waals surface area contributed by atoms with Gasteiger partial charge < -0.3 is 9.84 Å². The molecule has 82 valence electrons. The molecule has 0 radical (unpaired) electrons. The lowest BCUT2D eigenvalue weighted by molar-refractivity contribution is -0.153. The SMILES string of the molecule is CCOC(=O)[C@H](F)[C@@H](O)c1ncccn1. The summed E-state index contributed by atoms with van der Waals surface area (Å²) in [4.78, 5) is 18.2. The van der Waals surface area contributed by atoms with E-state index in [1.807, 2.05) is 0 Å². The first-order chi connectivity index (χ1) is 7.16. The molecule has 0 aliphatic rings. The number of aliphatic hydroxyl groups excluding tert-OH is 1. The first-order valence-electron chi connectivity index (χ1n) is 4.42. The molecule has 1 aromatic rings. The Balaban J connectivity index is 2.68. The summed E-state index contributed by atoms with van der Waals surface area (Å²) in [5.41, 5.74) is 0. The van der Waals surface area contributed by atoms with Gasteiger partial charge in [-0.25, -0.2) is 19.2 Å². The molecule has 15 heavy (non-hydrogen) atoms. The number of halogens is 1. The monoisotopic (exact) mass is 214 g/mol. The molecule has 5 nitrogen and oxygen atoms in total. The summed E-state index contributed by atoms with van der Waals surface area (Å²) in [7, 11) is 0. The lowest BCUT2D eigenvalue weighted by Crippen LogP contribution is -2.27. The average Bonchev–Trinajstić information content (AvgIpc) is 2.28. The maximum absolute atomic E-state index is 13.3. The Kier molecular flexibility index (Phi) is 4.11. The van der Waals surface area contributed by atoms with Gasteiger partial charge in [0.15, 0.2) is 11.9 Å². The minimum atomic E-state index is -2.16. The summed E-state index contributed by atoms with van der Waals surface area (Å²) in [5.74, 6) is -1.25. The molecular weight excluding hydrogens is 203 g/mol. The van der Waals surface area contributed by atoms with Crippen LogP contribution in [-0.4, -0.2) is 33.8 Å². The molecule has 0 aliphatic carbocycles. The Morgan fingerprint density at radius 1 is 1.60 bits per heavy atom. The number of aliphatic hydroxyl groups is 1. The Morgan fingerprint density at radius 2 is 2.20 bits per heavy atom. The molecule has 0 aromatic carbocycles. The zero-order chi connectivity index (χ0) is 11.3. The summed E-state index contributed by atoms with van der Waals surface area (Å²) in [6.45, 7) is 1.61. The van der Waals surface area contributed by atoms with Crippen molar-refractivity contribution in [3.8, 4) is 0 Å². The molecule has 0 amide bonds. The van der Waals surface area contributed by atoms with E-state index < -0.39 is 18.2 Å². The Hall–Kier alpha value is -1.56. The van der Waals surface area contributed by atoms with E-state index in [0.717, 1.165) is 0 Å². The zero-order valence-corrected chi connectivity index (χ0v) is 8.13. The number of ether oxygens (including phenoxy) is 1. The maximum atomic E-state index is 13.3. The largest absolute Gasteiger partial charge is 0.464 e. The fraction of sp³-hybridized carbons (Fsp3) is 0.444. The number of nitrogens with zero attached hydrogens (tertiary/aromatic N) is 2. The van der Waals surface area contributed by atoms with E-state index in [0.29, 0.717) is 0 Å². The van der Waals surface area contributed by atoms with Crippen LogP contribution in [-0.2, 0) is 9.53 Å². The first kappa shape index (κ1) is 11.5. The molecule has 1 N–H and O–H groups in total. The van der Waals surface area contributed by atoms with Crippen LogP contribution in [0, 0.1) is 0 Å². The van der Waals surface area contributed by atoms with Crippen LogP contribution < -0.4 is 0 Å². The lowest BCUT2D eigenvalue weighted by Gasteiger charge is -2.12. The minimum Gasteiger partial charge on any atom is -0.464 e. The standard InChI is InChI=1S/C9H11FN2O3/c1-2-15-9(14)6(10)7(13)8-11-4-3-5-12-8/h3-7,13H,2H2,1H3/t6-,7-/m1/s1. The van der Waals surface area contributed by atoms with Gasteiger partial charge in [-0.2, -0.15) is 0 Å². The fourth-order valence-corrected chi connectivity index (χ4v) is 0.945. The Bertz CT molecular complexity index is 320. The summed E-state index contributed by atoms with van der Waals surface area (Å²) in [6.07, 6.45) is -1.15. The van der Waals surface area contributed by atoms with Crippen LogP contribution in [0.25, 0.3) is 0 Å². The Labute approximate surface area is 85.9 Å². The van der Waals surface area contributed by atoms with Crippen LogP contribution in [0.2, 0.25) is 0 Å². The molecule has 0 saturated carbocycles. The molecule has 0 spiro atoms. The van der Waals surface area contributed by atoms with Crippen molar-refractivity contribution in [1.82, 2.24) is 9.97 Å². The van der Waals surface area contributed by atoms with Crippen molar-refractivity contribution < 1.29 is 19.0 Å². The van der Waals surface area contributed by atoms with E-state index in [-0.39, 0.29) is 12.4 Å². The lowest BCUT2D eigenvalue weighted by atomic mass is 10.2. The van der Waals surface area contributed by atoms with Crippen LogP contribution in [0.5, 0.6) is 0 Å². The second-order valence-electron chi connectivity index (χ2n) is 2.71.